The van der Waals surface area contributed by atoms with E-state index in [1.807, 2.05) is 19.1 Å². The number of halogens is 1. The summed E-state index contributed by atoms with van der Waals surface area (Å²) in [5, 5.41) is 0.966. The van der Waals surface area contributed by atoms with Crippen molar-refractivity contribution < 1.29 is 9.22 Å². The first-order valence-electron chi connectivity index (χ1n) is 6.56. The minimum absolute atomic E-state index is 0.0732. The number of hydrogen-bond acceptors (Lipinski definition) is 2. The Bertz CT molecular complexity index is 293. The molecule has 0 bridgehead atoms. The summed E-state index contributed by atoms with van der Waals surface area (Å²) in [4.78, 5) is 11.6. The molecule has 0 rings (SSSR count). The van der Waals surface area contributed by atoms with E-state index in [9.17, 15) is 4.79 Å². The molecule has 4 heteroatoms. The highest BCUT2D eigenvalue weighted by atomic mass is 79.9. The van der Waals surface area contributed by atoms with Gasteiger partial charge < -0.3 is 4.43 Å². The van der Waals surface area contributed by atoms with Crippen LogP contribution in [0.3, 0.4) is 0 Å². The Hall–Kier alpha value is 0.0669. The second-order valence-electron chi connectivity index (χ2n) is 6.10. The van der Waals surface area contributed by atoms with Crippen molar-refractivity contribution in [2.75, 3.05) is 5.33 Å². The zero-order valence-corrected chi connectivity index (χ0v) is 15.1. The summed E-state index contributed by atoms with van der Waals surface area (Å²) in [5.41, 5.74) is 0. The number of Topliss-reactive ketones (excluding diaryl/α,β-unsaturated/α-hetero) is 1. The molecule has 106 valence electrons. The van der Waals surface area contributed by atoms with E-state index in [4.69, 9.17) is 4.43 Å². The molecule has 0 amide bonds. The lowest BCUT2D eigenvalue weighted by atomic mass is 10.1. The highest BCUT2D eigenvalue weighted by Crippen LogP contribution is 2.37. The predicted octanol–water partition coefficient (Wildman–Crippen LogP) is 4.70. The van der Waals surface area contributed by atoms with Gasteiger partial charge in [0.05, 0.1) is 6.10 Å². The number of carbonyl (C=O) groups excluding carboxylic acids is 1. The molecular weight excluding hydrogens is 308 g/mol. The molecule has 0 aromatic carbocycles. The normalized spacial score (nSPS) is 15.1. The van der Waals surface area contributed by atoms with Gasteiger partial charge in [0.15, 0.2) is 8.32 Å². The fourth-order valence-electron chi connectivity index (χ4n) is 1.28. The third-order valence-electron chi connectivity index (χ3n) is 3.52. The van der Waals surface area contributed by atoms with Crippen molar-refractivity contribution >= 4 is 30.0 Å². The Morgan fingerprint density at radius 1 is 1.39 bits per heavy atom. The fraction of sp³-hybridized carbons (Fsp3) is 0.786. The number of alkyl halides is 1. The number of rotatable bonds is 7. The Labute approximate surface area is 121 Å². The van der Waals surface area contributed by atoms with Gasteiger partial charge in [-0.25, -0.2) is 0 Å². The third-order valence-corrected chi connectivity index (χ3v) is 8.39. The van der Waals surface area contributed by atoms with Crippen molar-refractivity contribution in [3.63, 3.8) is 0 Å². The summed E-state index contributed by atoms with van der Waals surface area (Å²) in [6.45, 7) is 13.0. The van der Waals surface area contributed by atoms with E-state index < -0.39 is 8.32 Å². The smallest absolute Gasteiger partial charge is 0.192 e. The minimum atomic E-state index is -1.82. The second-order valence-corrected chi connectivity index (χ2v) is 11.5. The quantitative estimate of drug-likeness (QED) is 0.383. The molecule has 2 nitrogen and oxygen atoms in total. The Kier molecular flexibility index (Phi) is 7.63. The minimum Gasteiger partial charge on any atom is -0.410 e. The maximum absolute atomic E-state index is 11.6. The van der Waals surface area contributed by atoms with Crippen LogP contribution >= 0.6 is 15.9 Å². The molecule has 18 heavy (non-hydrogen) atoms. The first kappa shape index (κ1) is 18.1. The summed E-state index contributed by atoms with van der Waals surface area (Å²) in [6, 6.07) is 0. The molecular formula is C14H27BrO2Si. The van der Waals surface area contributed by atoms with Crippen molar-refractivity contribution in [1.82, 2.24) is 0 Å². The number of hydrogen-bond donors (Lipinski definition) is 0. The number of carbonyl (C=O) groups is 1. The third kappa shape index (κ3) is 6.30. The van der Waals surface area contributed by atoms with Crippen LogP contribution in [0.1, 0.15) is 40.5 Å². The van der Waals surface area contributed by atoms with Crippen molar-refractivity contribution in [2.45, 2.75) is 64.8 Å². The monoisotopic (exact) mass is 334 g/mol. The first-order chi connectivity index (χ1) is 8.14. The van der Waals surface area contributed by atoms with Gasteiger partial charge in [-0.3, -0.25) is 4.79 Å². The summed E-state index contributed by atoms with van der Waals surface area (Å²) >= 11 is 3.36. The van der Waals surface area contributed by atoms with Crippen LogP contribution in [0.4, 0.5) is 0 Å². The molecule has 0 aromatic rings. The summed E-state index contributed by atoms with van der Waals surface area (Å²) in [6.07, 6.45) is 5.03. The van der Waals surface area contributed by atoms with Gasteiger partial charge >= 0.3 is 0 Å². The van der Waals surface area contributed by atoms with Gasteiger partial charge in [0.2, 0.25) is 0 Å². The van der Waals surface area contributed by atoms with E-state index in [-0.39, 0.29) is 16.9 Å². The van der Waals surface area contributed by atoms with Gasteiger partial charge in [-0.05, 0) is 18.1 Å². The standard InChI is InChI=1S/C14H27BrO2Si/c1-7-12(16)11-13(9-8-10-15)17-18(5,6)14(2,3)4/h8-9,13H,7,10-11H2,1-6H3/b9-8+/t13-/m0/s1. The average Bonchev–Trinajstić information content (AvgIpc) is 2.23. The van der Waals surface area contributed by atoms with Crippen LogP contribution < -0.4 is 0 Å². The zero-order valence-electron chi connectivity index (χ0n) is 12.5. The fourth-order valence-corrected chi connectivity index (χ4v) is 2.76. The highest BCUT2D eigenvalue weighted by molar-refractivity contribution is 9.09. The Balaban J connectivity index is 4.78. The lowest BCUT2D eigenvalue weighted by molar-refractivity contribution is -0.119. The van der Waals surface area contributed by atoms with Gasteiger partial charge in [0.25, 0.3) is 0 Å². The lowest BCUT2D eigenvalue weighted by Gasteiger charge is -2.38. The van der Waals surface area contributed by atoms with Crippen LogP contribution in [0.2, 0.25) is 18.1 Å². The average molecular weight is 335 g/mol. The molecule has 0 saturated heterocycles. The van der Waals surface area contributed by atoms with E-state index in [2.05, 4.69) is 49.8 Å². The van der Waals surface area contributed by atoms with Crippen LogP contribution in [0.15, 0.2) is 12.2 Å². The van der Waals surface area contributed by atoms with E-state index in [0.717, 1.165) is 5.33 Å². The second kappa shape index (κ2) is 7.61. The van der Waals surface area contributed by atoms with Gasteiger partial charge in [-0.1, -0.05) is 55.8 Å². The van der Waals surface area contributed by atoms with Crippen molar-refractivity contribution in [2.24, 2.45) is 0 Å². The summed E-state index contributed by atoms with van der Waals surface area (Å²) in [7, 11) is -1.82. The first-order valence-corrected chi connectivity index (χ1v) is 10.6. The van der Waals surface area contributed by atoms with Gasteiger partial charge in [0.1, 0.15) is 5.78 Å². The molecule has 1 atom stereocenters. The summed E-state index contributed by atoms with van der Waals surface area (Å²) in [5.74, 6) is 0.262. The Morgan fingerprint density at radius 2 is 1.94 bits per heavy atom. The van der Waals surface area contributed by atoms with Crippen LogP contribution in [-0.2, 0) is 9.22 Å². The van der Waals surface area contributed by atoms with E-state index >= 15 is 0 Å². The zero-order chi connectivity index (χ0) is 14.4. The lowest BCUT2D eigenvalue weighted by Crippen LogP contribution is -2.44. The van der Waals surface area contributed by atoms with E-state index in [0.29, 0.717) is 12.8 Å². The molecule has 0 saturated carbocycles. The predicted molar refractivity (Wildman–Crippen MR) is 84.9 cm³/mol. The van der Waals surface area contributed by atoms with Crippen molar-refractivity contribution in [3.05, 3.63) is 12.2 Å². The van der Waals surface area contributed by atoms with Crippen LogP contribution in [0, 0.1) is 0 Å². The van der Waals surface area contributed by atoms with Gasteiger partial charge in [-0.15, -0.1) is 0 Å². The maximum atomic E-state index is 11.6. The molecule has 0 fully saturated rings. The number of allylic oxidation sites excluding steroid dienone is 1. The SMILES string of the molecule is CCC(=O)C[C@H](/C=C/CBr)O[Si](C)(C)C(C)(C)C. The molecule has 0 aliphatic carbocycles. The molecule has 0 unspecified atom stereocenters. The molecule has 0 spiro atoms. The molecule has 0 heterocycles. The molecule has 0 radical (unpaired) electrons. The van der Waals surface area contributed by atoms with Crippen LogP contribution in [0.25, 0.3) is 0 Å². The number of ketones is 1. The molecule has 0 aliphatic rings. The van der Waals surface area contributed by atoms with Gasteiger partial charge in [-0.2, -0.15) is 0 Å². The Morgan fingerprint density at radius 3 is 2.33 bits per heavy atom. The van der Waals surface area contributed by atoms with Crippen molar-refractivity contribution in [1.29, 1.82) is 0 Å². The van der Waals surface area contributed by atoms with Crippen LogP contribution in [0.5, 0.6) is 0 Å². The molecule has 0 N–H and O–H groups in total. The van der Waals surface area contributed by atoms with Crippen molar-refractivity contribution in [3.8, 4) is 0 Å². The largest absolute Gasteiger partial charge is 0.410 e. The van der Waals surface area contributed by atoms with Crippen LogP contribution in [-0.4, -0.2) is 25.5 Å². The molecule has 0 aromatic heterocycles. The van der Waals surface area contributed by atoms with E-state index in [1.54, 1.807) is 0 Å². The van der Waals surface area contributed by atoms with E-state index in [1.165, 1.54) is 0 Å². The highest BCUT2D eigenvalue weighted by Gasteiger charge is 2.38. The van der Waals surface area contributed by atoms with Gasteiger partial charge in [0, 0.05) is 18.2 Å². The topological polar surface area (TPSA) is 26.3 Å². The maximum Gasteiger partial charge on any atom is 0.192 e. The summed E-state index contributed by atoms with van der Waals surface area (Å²) < 4.78 is 6.29. The molecule has 0 aliphatic heterocycles.